The van der Waals surface area contributed by atoms with E-state index < -0.39 is 21.5 Å². The first-order valence-electron chi connectivity index (χ1n) is 10.6. The molecule has 0 bridgehead atoms. The largest absolute Gasteiger partial charge is 0.364 e. The lowest BCUT2D eigenvalue weighted by atomic mass is 9.89. The van der Waals surface area contributed by atoms with Crippen LogP contribution in [0.4, 0.5) is 0 Å². The van der Waals surface area contributed by atoms with E-state index >= 15 is 0 Å². The lowest BCUT2D eigenvalue weighted by molar-refractivity contribution is 0.0726. The molecule has 1 saturated heterocycles. The van der Waals surface area contributed by atoms with Gasteiger partial charge in [-0.15, -0.1) is 0 Å². The van der Waals surface area contributed by atoms with Gasteiger partial charge in [0, 0.05) is 37.9 Å². The number of fused-ring (bicyclic) bond motifs is 1. The number of nitrogens with zero attached hydrogens (tertiary/aromatic N) is 8. The summed E-state index contributed by atoms with van der Waals surface area (Å²) in [4.78, 5) is 21.3. The Bertz CT molecular complexity index is 1630. The van der Waals surface area contributed by atoms with E-state index in [1.807, 2.05) is 6.07 Å². The highest BCUT2D eigenvalue weighted by Gasteiger charge is 2.49. The summed E-state index contributed by atoms with van der Waals surface area (Å²) >= 11 is 0. The summed E-state index contributed by atoms with van der Waals surface area (Å²) in [5.41, 5.74) is 7.63. The van der Waals surface area contributed by atoms with Gasteiger partial charge in [0.1, 0.15) is 22.6 Å². The molecule has 0 aromatic carbocycles. The third-order valence-corrected chi connectivity index (χ3v) is 7.38. The number of primary amides is 1. The molecule has 0 spiro atoms. The Morgan fingerprint density at radius 3 is 2.74 bits per heavy atom. The molecule has 4 aromatic heterocycles. The lowest BCUT2D eigenvalue weighted by Gasteiger charge is -2.47. The van der Waals surface area contributed by atoms with Crippen molar-refractivity contribution in [1.82, 2.24) is 33.8 Å². The van der Waals surface area contributed by atoms with Gasteiger partial charge in [-0.2, -0.15) is 19.8 Å². The zero-order valence-electron chi connectivity index (χ0n) is 19.0. The van der Waals surface area contributed by atoms with Gasteiger partial charge in [-0.3, -0.25) is 19.1 Å². The SMILES string of the molecule is Cn1ncc(-c2cc3ncccc3c(-c3ccn(C4(CC#N)CN(S(C)(=O)=O)C4)n3)n2)c1C(N)=O. The van der Waals surface area contributed by atoms with E-state index in [9.17, 15) is 18.5 Å². The van der Waals surface area contributed by atoms with Gasteiger partial charge in [-0.25, -0.2) is 13.4 Å². The zero-order chi connectivity index (χ0) is 25.0. The molecule has 5 heterocycles. The topological polar surface area (TPSA) is 166 Å². The number of hydrogen-bond acceptors (Lipinski definition) is 8. The molecule has 1 aliphatic heterocycles. The number of nitriles is 1. The van der Waals surface area contributed by atoms with Crippen LogP contribution in [0.2, 0.25) is 0 Å². The van der Waals surface area contributed by atoms with Crippen molar-refractivity contribution in [3.8, 4) is 28.7 Å². The van der Waals surface area contributed by atoms with Crippen molar-refractivity contribution in [3.63, 3.8) is 0 Å². The molecule has 13 heteroatoms. The molecule has 12 nitrogen and oxygen atoms in total. The average Bonchev–Trinajstić information content (AvgIpc) is 3.41. The fourth-order valence-corrected chi connectivity index (χ4v) is 5.32. The molecule has 0 radical (unpaired) electrons. The average molecular weight is 492 g/mol. The van der Waals surface area contributed by atoms with E-state index in [-0.39, 0.29) is 25.2 Å². The van der Waals surface area contributed by atoms with Gasteiger partial charge in [-0.05, 0) is 24.3 Å². The minimum Gasteiger partial charge on any atom is -0.364 e. The summed E-state index contributed by atoms with van der Waals surface area (Å²) in [5, 5.41) is 19.0. The van der Waals surface area contributed by atoms with E-state index in [1.54, 1.807) is 42.3 Å². The summed E-state index contributed by atoms with van der Waals surface area (Å²) in [6.45, 7) is 0.321. The first-order valence-corrected chi connectivity index (χ1v) is 12.4. The molecular formula is C22H21N9O3S. The number of rotatable bonds is 6. The molecular weight excluding hydrogens is 470 g/mol. The van der Waals surface area contributed by atoms with E-state index in [2.05, 4.69) is 16.2 Å². The van der Waals surface area contributed by atoms with Gasteiger partial charge in [-0.1, -0.05) is 0 Å². The number of nitrogens with two attached hydrogens (primary N) is 1. The Morgan fingerprint density at radius 1 is 1.29 bits per heavy atom. The molecule has 0 atom stereocenters. The Morgan fingerprint density at radius 2 is 2.06 bits per heavy atom. The fraction of sp³-hybridized carbons (Fsp3) is 0.273. The maximum absolute atomic E-state index is 12.0. The van der Waals surface area contributed by atoms with Crippen molar-refractivity contribution >= 4 is 26.8 Å². The number of carbonyl (C=O) groups is 1. The number of carbonyl (C=O) groups excluding carboxylic acids is 1. The van der Waals surface area contributed by atoms with Gasteiger partial charge in [0.2, 0.25) is 10.0 Å². The van der Waals surface area contributed by atoms with E-state index in [4.69, 9.17) is 15.8 Å². The number of aryl methyl sites for hydroxylation is 1. The number of pyridine rings is 2. The Labute approximate surface area is 200 Å². The van der Waals surface area contributed by atoms with E-state index in [0.29, 0.717) is 28.2 Å². The van der Waals surface area contributed by atoms with Gasteiger partial charge >= 0.3 is 0 Å². The first-order chi connectivity index (χ1) is 16.6. The maximum Gasteiger partial charge on any atom is 0.267 e. The predicted octanol–water partition coefficient (Wildman–Crippen LogP) is 0.877. The third-order valence-electron chi connectivity index (χ3n) is 6.18. The quantitative estimate of drug-likeness (QED) is 0.415. The van der Waals surface area contributed by atoms with Crippen LogP contribution in [0.1, 0.15) is 16.9 Å². The van der Waals surface area contributed by atoms with Crippen LogP contribution < -0.4 is 5.73 Å². The third kappa shape index (κ3) is 3.72. The highest BCUT2D eigenvalue weighted by molar-refractivity contribution is 7.88. The summed E-state index contributed by atoms with van der Waals surface area (Å²) < 4.78 is 28.2. The molecule has 35 heavy (non-hydrogen) atoms. The van der Waals surface area contributed by atoms with Gasteiger partial charge < -0.3 is 5.73 Å². The van der Waals surface area contributed by atoms with Crippen LogP contribution in [0.15, 0.2) is 42.9 Å². The van der Waals surface area contributed by atoms with Crippen LogP contribution in [-0.4, -0.2) is 67.5 Å². The van der Waals surface area contributed by atoms with Gasteiger partial charge in [0.15, 0.2) is 0 Å². The van der Waals surface area contributed by atoms with Gasteiger partial charge in [0.25, 0.3) is 5.91 Å². The second-order valence-electron chi connectivity index (χ2n) is 8.56. The first kappa shape index (κ1) is 22.6. The highest BCUT2D eigenvalue weighted by Crippen LogP contribution is 2.36. The Hall–Kier alpha value is -4.15. The normalized spacial score (nSPS) is 15.6. The molecule has 0 aliphatic carbocycles. The number of aromatic nitrogens is 6. The summed E-state index contributed by atoms with van der Waals surface area (Å²) in [6.07, 6.45) is 6.15. The highest BCUT2D eigenvalue weighted by atomic mass is 32.2. The summed E-state index contributed by atoms with van der Waals surface area (Å²) in [6, 6.07) is 9.32. The monoisotopic (exact) mass is 491 g/mol. The number of amides is 1. The summed E-state index contributed by atoms with van der Waals surface area (Å²) in [5.74, 6) is -0.632. The second-order valence-corrected chi connectivity index (χ2v) is 10.5. The van der Waals surface area contributed by atoms with Gasteiger partial charge in [0.05, 0.1) is 41.7 Å². The van der Waals surface area contributed by atoms with Crippen LogP contribution in [0.3, 0.4) is 0 Å². The van der Waals surface area contributed by atoms with Crippen LogP contribution in [0.25, 0.3) is 33.5 Å². The van der Waals surface area contributed by atoms with Crippen LogP contribution in [0, 0.1) is 11.3 Å². The number of hydrogen-bond donors (Lipinski definition) is 1. The van der Waals surface area contributed by atoms with Crippen molar-refractivity contribution in [2.24, 2.45) is 12.8 Å². The molecule has 2 N–H and O–H groups in total. The standard InChI is InChI=1S/C22H21N9O3S/c1-29-20(21(24)32)15(11-26-29)18-10-17-14(4-3-8-25-17)19(27-18)16-5-9-31(28-16)22(6-7-23)12-30(13-22)35(2,33)34/h3-5,8-11H,6,12-13H2,1-2H3,(H2,24,32). The zero-order valence-corrected chi connectivity index (χ0v) is 19.8. The van der Waals surface area contributed by atoms with Crippen molar-refractivity contribution in [2.75, 3.05) is 19.3 Å². The molecule has 0 unspecified atom stereocenters. The minimum absolute atomic E-state index is 0.105. The molecule has 1 aliphatic rings. The molecule has 1 amide bonds. The maximum atomic E-state index is 12.0. The minimum atomic E-state index is -3.37. The van der Waals surface area contributed by atoms with Crippen LogP contribution in [-0.2, 0) is 22.6 Å². The van der Waals surface area contributed by atoms with E-state index in [0.717, 1.165) is 11.6 Å². The smallest absolute Gasteiger partial charge is 0.267 e. The van der Waals surface area contributed by atoms with Crippen molar-refractivity contribution in [1.29, 1.82) is 5.26 Å². The molecule has 0 saturated carbocycles. The van der Waals surface area contributed by atoms with E-state index in [1.165, 1.54) is 15.2 Å². The Balaban J connectivity index is 1.63. The Kier molecular flexibility index (Phi) is 5.15. The van der Waals surface area contributed by atoms with Crippen molar-refractivity contribution < 1.29 is 13.2 Å². The molecule has 5 rings (SSSR count). The van der Waals surface area contributed by atoms with Crippen LogP contribution >= 0.6 is 0 Å². The predicted molar refractivity (Wildman–Crippen MR) is 126 cm³/mol. The lowest BCUT2D eigenvalue weighted by Crippen LogP contribution is -2.63. The second kappa shape index (κ2) is 7.97. The number of sulfonamides is 1. The van der Waals surface area contributed by atoms with Crippen molar-refractivity contribution in [3.05, 3.63) is 48.5 Å². The molecule has 1 fully saturated rings. The molecule has 178 valence electrons. The summed E-state index contributed by atoms with van der Waals surface area (Å²) in [7, 11) is -1.74. The fourth-order valence-electron chi connectivity index (χ4n) is 4.37. The molecule has 4 aromatic rings. The van der Waals surface area contributed by atoms with Crippen LogP contribution in [0.5, 0.6) is 0 Å². The van der Waals surface area contributed by atoms with Crippen molar-refractivity contribution in [2.45, 2.75) is 12.0 Å².